The summed E-state index contributed by atoms with van der Waals surface area (Å²) in [5.74, 6) is 1.70. The van der Waals surface area contributed by atoms with Crippen LogP contribution in [0.25, 0.3) is 0 Å². The van der Waals surface area contributed by atoms with Gasteiger partial charge in [-0.2, -0.15) is 0 Å². The van der Waals surface area contributed by atoms with Crippen LogP contribution in [0.1, 0.15) is 43.2 Å². The second kappa shape index (κ2) is 7.05. The smallest absolute Gasteiger partial charge is 0.174 e. The van der Waals surface area contributed by atoms with Crippen molar-refractivity contribution in [2.75, 3.05) is 13.2 Å². The van der Waals surface area contributed by atoms with Gasteiger partial charge in [0.05, 0.1) is 11.0 Å². The van der Waals surface area contributed by atoms with E-state index in [0.29, 0.717) is 37.5 Å². The number of rotatable bonds is 4. The third-order valence-electron chi connectivity index (χ3n) is 6.94. The molecular weight excluding hydrogens is 354 g/mol. The van der Waals surface area contributed by atoms with Gasteiger partial charge in [-0.25, -0.2) is 0 Å². The fourth-order valence-electron chi connectivity index (χ4n) is 5.89. The van der Waals surface area contributed by atoms with E-state index in [2.05, 4.69) is 19.2 Å². The number of benzene rings is 1. The second-order valence-electron chi connectivity index (χ2n) is 8.20. The van der Waals surface area contributed by atoms with E-state index in [0.717, 1.165) is 31.2 Å². The summed E-state index contributed by atoms with van der Waals surface area (Å²) >= 11 is 0. The van der Waals surface area contributed by atoms with Crippen molar-refractivity contribution in [2.24, 2.45) is 11.7 Å². The number of hydrogen-bond acceptors (Lipinski definition) is 5. The largest absolute Gasteiger partial charge is 0.486 e. The highest BCUT2D eigenvalue weighted by Crippen LogP contribution is 2.66. The van der Waals surface area contributed by atoms with E-state index in [1.807, 2.05) is 6.07 Å². The maximum absolute atomic E-state index is 12.7. The summed E-state index contributed by atoms with van der Waals surface area (Å²) in [5, 5.41) is 11.7. The van der Waals surface area contributed by atoms with Gasteiger partial charge in [0.25, 0.3) is 0 Å². The van der Waals surface area contributed by atoms with Crippen LogP contribution in [0.5, 0.6) is 11.5 Å². The minimum Gasteiger partial charge on any atom is -0.486 e. The molecule has 1 aromatic carbocycles. The number of Topliss-reactive ketones (excluding diaryl/α,β-unsaturated/α-hetero) is 1. The van der Waals surface area contributed by atoms with Crippen molar-refractivity contribution in [3.63, 3.8) is 0 Å². The molecule has 3 N–H and O–H groups in total. The number of aliphatic hydroxyl groups is 1. The van der Waals surface area contributed by atoms with Gasteiger partial charge >= 0.3 is 0 Å². The average Bonchev–Trinajstić information content (AvgIpc) is 3.05. The highest BCUT2D eigenvalue weighted by atomic mass is 16.5. The summed E-state index contributed by atoms with van der Waals surface area (Å²) in [5.41, 5.74) is 5.80. The van der Waals surface area contributed by atoms with Crippen LogP contribution >= 0.6 is 0 Å². The van der Waals surface area contributed by atoms with Crippen molar-refractivity contribution >= 4 is 5.78 Å². The van der Waals surface area contributed by atoms with E-state index < -0.39 is 17.1 Å². The van der Waals surface area contributed by atoms with Crippen LogP contribution in [-0.4, -0.2) is 35.7 Å². The monoisotopic (exact) mass is 383 g/mol. The Morgan fingerprint density at radius 2 is 2.11 bits per heavy atom. The Balaban J connectivity index is 0.000000442. The molecule has 150 valence electrons. The number of carbonyl (C=O) groups is 1. The molecular formula is C23H29NO4. The Morgan fingerprint density at radius 3 is 2.82 bits per heavy atom. The number of carbonyl (C=O) groups excluding carboxylic acids is 1. The van der Waals surface area contributed by atoms with Crippen LogP contribution in [0.2, 0.25) is 0 Å². The molecule has 0 unspecified atom stereocenters. The predicted octanol–water partition coefficient (Wildman–Crippen LogP) is 2.83. The molecule has 2 saturated carbocycles. The zero-order valence-electron chi connectivity index (χ0n) is 16.3. The lowest BCUT2D eigenvalue weighted by Gasteiger charge is -2.59. The molecule has 2 bridgehead atoms. The Morgan fingerprint density at radius 1 is 1.32 bits per heavy atom. The van der Waals surface area contributed by atoms with Gasteiger partial charge in [-0.05, 0) is 43.2 Å². The molecule has 5 heteroatoms. The highest BCUT2D eigenvalue weighted by molar-refractivity contribution is 5.89. The first-order valence-corrected chi connectivity index (χ1v) is 10.2. The van der Waals surface area contributed by atoms with Crippen LogP contribution in [0.3, 0.4) is 0 Å². The fourth-order valence-corrected chi connectivity index (χ4v) is 5.89. The SMILES string of the molecule is C=CCN.C=CCOc1ccc2c3c1O[C@H]1C(=O)CC[C@@]4(O)[C@H](CCC[C@]314)C2. The topological polar surface area (TPSA) is 81.8 Å². The van der Waals surface area contributed by atoms with Gasteiger partial charge in [-0.1, -0.05) is 31.2 Å². The Hall–Kier alpha value is -2.11. The minimum atomic E-state index is -0.820. The molecule has 0 saturated heterocycles. The normalized spacial score (nSPS) is 33.7. The van der Waals surface area contributed by atoms with Gasteiger partial charge in [0.1, 0.15) is 6.61 Å². The van der Waals surface area contributed by atoms with E-state index in [1.54, 1.807) is 12.2 Å². The molecule has 0 radical (unpaired) electrons. The van der Waals surface area contributed by atoms with Crippen molar-refractivity contribution in [3.8, 4) is 11.5 Å². The van der Waals surface area contributed by atoms with Crippen molar-refractivity contribution < 1.29 is 19.4 Å². The fraction of sp³-hybridized carbons (Fsp3) is 0.522. The molecule has 0 aromatic heterocycles. The first-order valence-electron chi connectivity index (χ1n) is 10.2. The van der Waals surface area contributed by atoms with Crippen LogP contribution in [-0.2, 0) is 16.6 Å². The van der Waals surface area contributed by atoms with Gasteiger partial charge in [-0.3, -0.25) is 4.79 Å². The third-order valence-corrected chi connectivity index (χ3v) is 6.94. The first kappa shape index (κ1) is 19.2. The number of nitrogens with two attached hydrogens (primary N) is 1. The van der Waals surface area contributed by atoms with Crippen molar-refractivity contribution in [2.45, 2.75) is 55.6 Å². The zero-order valence-corrected chi connectivity index (χ0v) is 16.3. The lowest BCUT2D eigenvalue weighted by atomic mass is 9.46. The summed E-state index contributed by atoms with van der Waals surface area (Å²) in [7, 11) is 0. The summed E-state index contributed by atoms with van der Waals surface area (Å²) < 4.78 is 12.0. The van der Waals surface area contributed by atoms with Crippen molar-refractivity contribution in [3.05, 3.63) is 48.6 Å². The van der Waals surface area contributed by atoms with Crippen molar-refractivity contribution in [1.82, 2.24) is 0 Å². The van der Waals surface area contributed by atoms with Gasteiger partial charge in [0.2, 0.25) is 0 Å². The predicted molar refractivity (Wildman–Crippen MR) is 108 cm³/mol. The van der Waals surface area contributed by atoms with Crippen LogP contribution in [0, 0.1) is 5.92 Å². The number of hydrogen-bond donors (Lipinski definition) is 2. The van der Waals surface area contributed by atoms with Gasteiger partial charge in [0, 0.05) is 18.5 Å². The molecule has 0 amide bonds. The summed E-state index contributed by atoms with van der Waals surface area (Å²) in [6.07, 6.45) is 7.53. The molecule has 5 nitrogen and oxygen atoms in total. The lowest BCUT2D eigenvalue weighted by molar-refractivity contribution is -0.177. The molecule has 4 aliphatic rings. The molecule has 5 rings (SSSR count). The molecule has 4 atom stereocenters. The molecule has 1 heterocycles. The molecule has 1 aromatic rings. The van der Waals surface area contributed by atoms with E-state index in [-0.39, 0.29) is 11.7 Å². The van der Waals surface area contributed by atoms with Gasteiger partial charge in [0.15, 0.2) is 23.4 Å². The van der Waals surface area contributed by atoms with Gasteiger partial charge < -0.3 is 20.3 Å². The summed E-state index contributed by atoms with van der Waals surface area (Å²) in [6, 6.07) is 4.04. The lowest BCUT2D eigenvalue weighted by Crippen LogP contribution is -2.69. The Labute approximate surface area is 166 Å². The maximum Gasteiger partial charge on any atom is 0.174 e. The van der Waals surface area contributed by atoms with E-state index in [4.69, 9.17) is 15.2 Å². The van der Waals surface area contributed by atoms with E-state index in [9.17, 15) is 9.90 Å². The average molecular weight is 383 g/mol. The second-order valence-corrected chi connectivity index (χ2v) is 8.20. The molecule has 28 heavy (non-hydrogen) atoms. The maximum atomic E-state index is 12.7. The van der Waals surface area contributed by atoms with Crippen LogP contribution in [0.4, 0.5) is 0 Å². The molecule has 2 fully saturated rings. The standard InChI is InChI=1S/C20H22O4.C3H7N/c1-2-10-23-15-6-5-12-11-13-4-3-8-19-16(12)17(15)24-18(19)14(21)7-9-20(13,19)22;1-2-3-4/h2,5-6,13,18,22H,1,3-4,7-11H2;2H,1,3-4H2/t13-,18+,19+,20-;/m1./s1. The minimum absolute atomic E-state index is 0.124. The summed E-state index contributed by atoms with van der Waals surface area (Å²) in [4.78, 5) is 12.7. The van der Waals surface area contributed by atoms with Crippen LogP contribution < -0.4 is 15.2 Å². The zero-order chi connectivity index (χ0) is 19.9. The Kier molecular flexibility index (Phi) is 4.84. The molecule has 1 aliphatic heterocycles. The third kappa shape index (κ3) is 2.42. The van der Waals surface area contributed by atoms with Crippen molar-refractivity contribution in [1.29, 1.82) is 0 Å². The van der Waals surface area contributed by atoms with Crippen LogP contribution in [0.15, 0.2) is 37.4 Å². The number of ketones is 1. The van der Waals surface area contributed by atoms with E-state index in [1.165, 1.54) is 5.56 Å². The van der Waals surface area contributed by atoms with Gasteiger partial charge in [-0.15, -0.1) is 6.58 Å². The highest BCUT2D eigenvalue weighted by Gasteiger charge is 2.71. The quantitative estimate of drug-likeness (QED) is 0.782. The molecule has 1 spiro atoms. The summed E-state index contributed by atoms with van der Waals surface area (Å²) in [6.45, 7) is 8.03. The molecule has 3 aliphatic carbocycles. The Bertz CT molecular complexity index is 819. The van der Waals surface area contributed by atoms with E-state index >= 15 is 0 Å². The number of ether oxygens (including phenoxy) is 2. The first-order chi connectivity index (χ1) is 13.5.